The van der Waals surface area contributed by atoms with Crippen LogP contribution in [0.5, 0.6) is 5.75 Å². The Balaban J connectivity index is 1.38. The fourth-order valence-electron chi connectivity index (χ4n) is 3.91. The van der Waals surface area contributed by atoms with Gasteiger partial charge in [-0.2, -0.15) is 0 Å². The van der Waals surface area contributed by atoms with E-state index >= 15 is 0 Å². The fraction of sp³-hybridized carbons (Fsp3) is 0.250. The van der Waals surface area contributed by atoms with E-state index in [4.69, 9.17) is 9.47 Å². The highest BCUT2D eigenvalue weighted by molar-refractivity contribution is 6.22. The molecule has 3 amide bonds. The van der Waals surface area contributed by atoms with Gasteiger partial charge < -0.3 is 14.8 Å². The van der Waals surface area contributed by atoms with Crippen LogP contribution in [0.4, 0.5) is 11.4 Å². The maximum absolute atomic E-state index is 12.8. The Morgan fingerprint density at radius 1 is 1.00 bits per heavy atom. The molecule has 4 rings (SSSR count). The van der Waals surface area contributed by atoms with E-state index in [-0.39, 0.29) is 29.2 Å². The predicted octanol–water partition coefficient (Wildman–Crippen LogP) is 2.95. The Morgan fingerprint density at radius 2 is 1.66 bits per heavy atom. The Morgan fingerprint density at radius 3 is 2.28 bits per heavy atom. The van der Waals surface area contributed by atoms with Crippen LogP contribution in [0.1, 0.15) is 23.2 Å². The summed E-state index contributed by atoms with van der Waals surface area (Å²) in [4.78, 5) is 51.2. The van der Waals surface area contributed by atoms with Gasteiger partial charge in [-0.15, -0.1) is 0 Å². The number of amides is 3. The van der Waals surface area contributed by atoms with Crippen LogP contribution in [0.15, 0.2) is 60.7 Å². The van der Waals surface area contributed by atoms with E-state index in [1.807, 2.05) is 12.2 Å². The standard InChI is InChI=1S/C24H22N2O6/c1-31-18-11-9-16(10-12-18)25-21(27)14-32-24(30)15-5-4-6-17(13-15)26-22(28)19-7-2-3-8-20(19)23(26)29/h2-6,9-13,19-20H,7-8,14H2,1H3,(H,25,27)/t19-,20-/m0/s1. The minimum Gasteiger partial charge on any atom is -0.497 e. The first-order chi connectivity index (χ1) is 15.5. The molecule has 2 aromatic carbocycles. The third-order valence-corrected chi connectivity index (χ3v) is 5.56. The van der Waals surface area contributed by atoms with Crippen molar-refractivity contribution in [2.45, 2.75) is 12.8 Å². The zero-order chi connectivity index (χ0) is 22.7. The summed E-state index contributed by atoms with van der Waals surface area (Å²) < 4.78 is 10.2. The number of nitrogens with one attached hydrogen (secondary N) is 1. The lowest BCUT2D eigenvalue weighted by Gasteiger charge is -2.15. The van der Waals surface area contributed by atoms with Gasteiger partial charge in [0.1, 0.15) is 5.75 Å². The van der Waals surface area contributed by atoms with Crippen LogP contribution < -0.4 is 15.0 Å². The van der Waals surface area contributed by atoms with Gasteiger partial charge in [0.15, 0.2) is 6.61 Å². The molecule has 0 saturated carbocycles. The summed E-state index contributed by atoms with van der Waals surface area (Å²) in [6.45, 7) is -0.480. The lowest BCUT2D eigenvalue weighted by atomic mass is 9.85. The number of anilines is 2. The van der Waals surface area contributed by atoms with Gasteiger partial charge in [-0.05, 0) is 55.3 Å². The van der Waals surface area contributed by atoms with Crippen LogP contribution in [0.2, 0.25) is 0 Å². The molecule has 1 aliphatic carbocycles. The van der Waals surface area contributed by atoms with Crippen LogP contribution in [0.25, 0.3) is 0 Å². The highest BCUT2D eigenvalue weighted by atomic mass is 16.5. The Kier molecular flexibility index (Phi) is 6.02. The smallest absolute Gasteiger partial charge is 0.338 e. The molecule has 0 spiro atoms. The molecule has 8 heteroatoms. The van der Waals surface area contributed by atoms with Crippen LogP contribution >= 0.6 is 0 Å². The normalized spacial score (nSPS) is 19.5. The Hall–Kier alpha value is -3.94. The van der Waals surface area contributed by atoms with Crippen LogP contribution in [-0.4, -0.2) is 37.4 Å². The lowest BCUT2D eigenvalue weighted by Crippen LogP contribution is -2.31. The monoisotopic (exact) mass is 434 g/mol. The van der Waals surface area contributed by atoms with Crippen molar-refractivity contribution in [1.82, 2.24) is 0 Å². The molecule has 32 heavy (non-hydrogen) atoms. The first kappa shape index (κ1) is 21.3. The van der Waals surface area contributed by atoms with Gasteiger partial charge in [-0.25, -0.2) is 4.79 Å². The summed E-state index contributed by atoms with van der Waals surface area (Å²) >= 11 is 0. The molecule has 0 aromatic heterocycles. The SMILES string of the molecule is COc1ccc(NC(=O)COC(=O)c2cccc(N3C(=O)[C@H]4CC=CC[C@@H]4C3=O)c2)cc1. The van der Waals surface area contributed by atoms with Crippen molar-refractivity contribution in [3.8, 4) is 5.75 Å². The molecular weight excluding hydrogens is 412 g/mol. The number of hydrogen-bond donors (Lipinski definition) is 1. The second-order valence-corrected chi connectivity index (χ2v) is 7.57. The molecule has 1 heterocycles. The number of carbonyl (C=O) groups is 4. The average Bonchev–Trinajstić information content (AvgIpc) is 3.08. The van der Waals surface area contributed by atoms with Crippen molar-refractivity contribution in [3.05, 3.63) is 66.2 Å². The zero-order valence-corrected chi connectivity index (χ0v) is 17.4. The van der Waals surface area contributed by atoms with Crippen molar-refractivity contribution >= 4 is 35.1 Å². The largest absolute Gasteiger partial charge is 0.497 e. The first-order valence-electron chi connectivity index (χ1n) is 10.2. The van der Waals surface area contributed by atoms with Gasteiger partial charge in [-0.3, -0.25) is 19.3 Å². The van der Waals surface area contributed by atoms with E-state index < -0.39 is 18.5 Å². The summed E-state index contributed by atoms with van der Waals surface area (Å²) in [5.74, 6) is -1.80. The molecule has 8 nitrogen and oxygen atoms in total. The third-order valence-electron chi connectivity index (χ3n) is 5.56. The number of benzene rings is 2. The predicted molar refractivity (Wildman–Crippen MR) is 116 cm³/mol. The van der Waals surface area contributed by atoms with Gasteiger partial charge in [-0.1, -0.05) is 18.2 Å². The Labute approximate surface area is 184 Å². The Bertz CT molecular complexity index is 1070. The van der Waals surface area contributed by atoms with Crippen molar-refractivity contribution in [2.24, 2.45) is 11.8 Å². The third kappa shape index (κ3) is 4.25. The first-order valence-corrected chi connectivity index (χ1v) is 10.2. The molecule has 2 aliphatic rings. The molecule has 2 atom stereocenters. The van der Waals surface area contributed by atoms with E-state index in [1.165, 1.54) is 12.1 Å². The molecule has 1 aliphatic heterocycles. The quantitative estimate of drug-likeness (QED) is 0.426. The van der Waals surface area contributed by atoms with Crippen LogP contribution in [0.3, 0.4) is 0 Å². The number of hydrogen-bond acceptors (Lipinski definition) is 6. The molecule has 2 aromatic rings. The second-order valence-electron chi connectivity index (χ2n) is 7.57. The molecule has 0 unspecified atom stereocenters. The molecule has 1 saturated heterocycles. The number of fused-ring (bicyclic) bond motifs is 1. The van der Waals surface area contributed by atoms with Crippen molar-refractivity contribution in [2.75, 3.05) is 23.9 Å². The van der Waals surface area contributed by atoms with Gasteiger partial charge >= 0.3 is 5.97 Å². The van der Waals surface area contributed by atoms with Crippen molar-refractivity contribution in [3.63, 3.8) is 0 Å². The molecule has 1 N–H and O–H groups in total. The number of imide groups is 1. The van der Waals surface area contributed by atoms with Crippen molar-refractivity contribution < 1.29 is 28.7 Å². The molecule has 0 bridgehead atoms. The number of carbonyl (C=O) groups excluding carboxylic acids is 4. The van der Waals surface area contributed by atoms with Crippen LogP contribution in [0, 0.1) is 11.8 Å². The number of allylic oxidation sites excluding steroid dienone is 2. The van der Waals surface area contributed by atoms with E-state index in [9.17, 15) is 19.2 Å². The summed E-state index contributed by atoms with van der Waals surface area (Å²) in [5.41, 5.74) is 1.01. The molecule has 0 radical (unpaired) electrons. The van der Waals surface area contributed by atoms with E-state index in [0.29, 0.717) is 30.0 Å². The lowest BCUT2D eigenvalue weighted by molar-refractivity contribution is -0.122. The van der Waals surface area contributed by atoms with E-state index in [0.717, 1.165) is 4.90 Å². The highest BCUT2D eigenvalue weighted by Crippen LogP contribution is 2.37. The van der Waals surface area contributed by atoms with Gasteiger partial charge in [0.25, 0.3) is 5.91 Å². The minimum atomic E-state index is -0.727. The van der Waals surface area contributed by atoms with Crippen LogP contribution in [-0.2, 0) is 19.1 Å². The van der Waals surface area contributed by atoms with Gasteiger partial charge in [0.2, 0.25) is 11.8 Å². The second kappa shape index (κ2) is 9.05. The fourth-order valence-corrected chi connectivity index (χ4v) is 3.91. The van der Waals surface area contributed by atoms with Crippen molar-refractivity contribution in [1.29, 1.82) is 0 Å². The van der Waals surface area contributed by atoms with Gasteiger partial charge in [0, 0.05) is 5.69 Å². The van der Waals surface area contributed by atoms with E-state index in [1.54, 1.807) is 43.5 Å². The highest BCUT2D eigenvalue weighted by Gasteiger charge is 2.47. The summed E-state index contributed by atoms with van der Waals surface area (Å²) in [6, 6.07) is 12.8. The number of ether oxygens (including phenoxy) is 2. The molecule has 164 valence electrons. The van der Waals surface area contributed by atoms with Gasteiger partial charge in [0.05, 0.1) is 30.2 Å². The minimum absolute atomic E-state index is 0.147. The van der Waals surface area contributed by atoms with E-state index in [2.05, 4.69) is 5.32 Å². The maximum Gasteiger partial charge on any atom is 0.338 e. The zero-order valence-electron chi connectivity index (χ0n) is 17.4. The summed E-state index contributed by atoms with van der Waals surface area (Å²) in [7, 11) is 1.54. The number of methoxy groups -OCH3 is 1. The number of nitrogens with zero attached hydrogens (tertiary/aromatic N) is 1. The summed E-state index contributed by atoms with van der Waals surface area (Å²) in [6.07, 6.45) is 4.91. The number of esters is 1. The summed E-state index contributed by atoms with van der Waals surface area (Å²) in [5, 5.41) is 2.62. The molecular formula is C24H22N2O6. The maximum atomic E-state index is 12.8. The molecule has 1 fully saturated rings. The number of rotatable bonds is 6. The average molecular weight is 434 g/mol. The topological polar surface area (TPSA) is 102 Å².